The number of hydrogen-bond donors (Lipinski definition) is 1. The number of carbonyl (C=O) groups is 1. The van der Waals surface area contributed by atoms with E-state index in [2.05, 4.69) is 9.46 Å². The molecule has 0 spiro atoms. The van der Waals surface area contributed by atoms with Gasteiger partial charge in [-0.15, -0.1) is 0 Å². The quantitative estimate of drug-likeness (QED) is 0.824. The summed E-state index contributed by atoms with van der Waals surface area (Å²) in [5.74, 6) is 0.0328. The molecule has 0 unspecified atom stereocenters. The first-order valence-electron chi connectivity index (χ1n) is 5.69. The van der Waals surface area contributed by atoms with Crippen molar-refractivity contribution in [2.75, 3.05) is 17.6 Å². The van der Waals surface area contributed by atoms with Crippen molar-refractivity contribution in [3.8, 4) is 0 Å². The predicted octanol–water partition coefficient (Wildman–Crippen LogP) is 1.62. The van der Waals surface area contributed by atoms with Crippen LogP contribution in [-0.4, -0.2) is 27.2 Å². The van der Waals surface area contributed by atoms with Crippen LogP contribution < -0.4 is 4.72 Å². The second kappa shape index (κ2) is 4.97. The molecule has 1 saturated carbocycles. The molecular weight excluding hydrogens is 254 g/mol. The molecule has 0 atom stereocenters. The fraction of sp³-hybridized carbons (Fsp3) is 0.417. The molecular formula is C12H15NO4S. The van der Waals surface area contributed by atoms with Gasteiger partial charge in [-0.2, -0.15) is 0 Å². The van der Waals surface area contributed by atoms with Crippen LogP contribution in [0.2, 0.25) is 0 Å². The van der Waals surface area contributed by atoms with Gasteiger partial charge in [-0.3, -0.25) is 4.72 Å². The van der Waals surface area contributed by atoms with Gasteiger partial charge in [0.25, 0.3) is 0 Å². The van der Waals surface area contributed by atoms with Gasteiger partial charge < -0.3 is 4.74 Å². The highest BCUT2D eigenvalue weighted by Gasteiger charge is 2.27. The Hall–Kier alpha value is -1.56. The molecule has 1 aromatic rings. The summed E-state index contributed by atoms with van der Waals surface area (Å²) in [6.45, 7) is 0. The SMILES string of the molecule is COC(=O)c1ccc(NS(=O)(=O)CC2CC2)cc1. The highest BCUT2D eigenvalue weighted by atomic mass is 32.2. The third kappa shape index (κ3) is 3.46. The van der Waals surface area contributed by atoms with Crippen LogP contribution in [0.1, 0.15) is 23.2 Å². The van der Waals surface area contributed by atoms with Crippen LogP contribution in [0.4, 0.5) is 5.69 Å². The Kier molecular flexibility index (Phi) is 3.56. The van der Waals surface area contributed by atoms with E-state index in [1.807, 2.05) is 0 Å². The van der Waals surface area contributed by atoms with Crippen LogP contribution in [-0.2, 0) is 14.8 Å². The Labute approximate surface area is 106 Å². The molecule has 18 heavy (non-hydrogen) atoms. The largest absolute Gasteiger partial charge is 0.465 e. The maximum absolute atomic E-state index is 11.7. The summed E-state index contributed by atoms with van der Waals surface area (Å²) in [4.78, 5) is 11.2. The van der Waals surface area contributed by atoms with E-state index in [-0.39, 0.29) is 5.75 Å². The number of esters is 1. The number of benzene rings is 1. The molecule has 0 heterocycles. The van der Waals surface area contributed by atoms with Crippen LogP contribution in [0, 0.1) is 5.92 Å². The molecule has 0 amide bonds. The van der Waals surface area contributed by atoms with Crippen molar-refractivity contribution >= 4 is 21.7 Å². The number of nitrogens with one attached hydrogen (secondary N) is 1. The van der Waals surface area contributed by atoms with E-state index in [4.69, 9.17) is 0 Å². The van der Waals surface area contributed by atoms with Crippen LogP contribution in [0.5, 0.6) is 0 Å². The molecule has 0 aliphatic heterocycles. The Morgan fingerprint density at radius 1 is 1.33 bits per heavy atom. The monoisotopic (exact) mass is 269 g/mol. The number of rotatable bonds is 5. The lowest BCUT2D eigenvalue weighted by Crippen LogP contribution is -2.17. The van der Waals surface area contributed by atoms with Gasteiger partial charge in [0.05, 0.1) is 18.4 Å². The minimum atomic E-state index is -3.28. The first-order valence-corrected chi connectivity index (χ1v) is 7.34. The third-order valence-electron chi connectivity index (χ3n) is 2.73. The average Bonchev–Trinajstić information content (AvgIpc) is 3.11. The minimum absolute atomic E-state index is 0.172. The van der Waals surface area contributed by atoms with Crippen molar-refractivity contribution in [2.45, 2.75) is 12.8 Å². The summed E-state index contributed by atoms with van der Waals surface area (Å²) in [6.07, 6.45) is 1.98. The molecule has 5 nitrogen and oxygen atoms in total. The molecule has 0 saturated heterocycles. The zero-order chi connectivity index (χ0) is 13.2. The smallest absolute Gasteiger partial charge is 0.337 e. The van der Waals surface area contributed by atoms with E-state index < -0.39 is 16.0 Å². The second-order valence-electron chi connectivity index (χ2n) is 4.40. The van der Waals surface area contributed by atoms with Gasteiger partial charge in [-0.25, -0.2) is 13.2 Å². The molecule has 1 aliphatic rings. The lowest BCUT2D eigenvalue weighted by atomic mass is 10.2. The van der Waals surface area contributed by atoms with E-state index in [9.17, 15) is 13.2 Å². The summed E-state index contributed by atoms with van der Waals surface area (Å²) in [5, 5.41) is 0. The van der Waals surface area contributed by atoms with E-state index in [0.717, 1.165) is 12.8 Å². The van der Waals surface area contributed by atoms with Crippen molar-refractivity contribution in [1.29, 1.82) is 0 Å². The summed E-state index contributed by atoms with van der Waals surface area (Å²) >= 11 is 0. The highest BCUT2D eigenvalue weighted by Crippen LogP contribution is 2.30. The average molecular weight is 269 g/mol. The number of sulfonamides is 1. The fourth-order valence-electron chi connectivity index (χ4n) is 1.61. The van der Waals surface area contributed by atoms with Crippen LogP contribution >= 0.6 is 0 Å². The van der Waals surface area contributed by atoms with Gasteiger partial charge in [-0.05, 0) is 43.0 Å². The van der Waals surface area contributed by atoms with Crippen molar-refractivity contribution in [2.24, 2.45) is 5.92 Å². The van der Waals surface area contributed by atoms with Crippen molar-refractivity contribution < 1.29 is 17.9 Å². The van der Waals surface area contributed by atoms with Gasteiger partial charge >= 0.3 is 5.97 Å². The van der Waals surface area contributed by atoms with E-state index >= 15 is 0 Å². The number of methoxy groups -OCH3 is 1. The summed E-state index contributed by atoms with van der Waals surface area (Å²) in [6, 6.07) is 6.16. The molecule has 1 aliphatic carbocycles. The Balaban J connectivity index is 2.03. The fourth-order valence-corrected chi connectivity index (χ4v) is 3.14. The normalized spacial score (nSPS) is 15.2. The van der Waals surface area contributed by atoms with E-state index in [1.54, 1.807) is 12.1 Å². The van der Waals surface area contributed by atoms with Crippen LogP contribution in [0.15, 0.2) is 24.3 Å². The summed E-state index contributed by atoms with van der Waals surface area (Å²) in [5.41, 5.74) is 0.853. The lowest BCUT2D eigenvalue weighted by molar-refractivity contribution is 0.0601. The van der Waals surface area contributed by atoms with E-state index in [1.165, 1.54) is 19.2 Å². The van der Waals surface area contributed by atoms with Gasteiger partial charge in [0.1, 0.15) is 0 Å². The van der Waals surface area contributed by atoms with Crippen LogP contribution in [0.25, 0.3) is 0 Å². The van der Waals surface area contributed by atoms with E-state index in [0.29, 0.717) is 17.2 Å². The van der Waals surface area contributed by atoms with Gasteiger partial charge in [0.15, 0.2) is 0 Å². The second-order valence-corrected chi connectivity index (χ2v) is 6.16. The van der Waals surface area contributed by atoms with Crippen molar-refractivity contribution in [1.82, 2.24) is 0 Å². The molecule has 1 N–H and O–H groups in total. The molecule has 0 aromatic heterocycles. The lowest BCUT2D eigenvalue weighted by Gasteiger charge is -2.07. The maximum atomic E-state index is 11.7. The zero-order valence-corrected chi connectivity index (χ0v) is 10.9. The highest BCUT2D eigenvalue weighted by molar-refractivity contribution is 7.92. The molecule has 2 rings (SSSR count). The Bertz CT molecular complexity index is 532. The third-order valence-corrected chi connectivity index (χ3v) is 4.19. The Morgan fingerprint density at radius 3 is 2.44 bits per heavy atom. The minimum Gasteiger partial charge on any atom is -0.465 e. The zero-order valence-electron chi connectivity index (χ0n) is 10.0. The van der Waals surface area contributed by atoms with Gasteiger partial charge in [0.2, 0.25) is 10.0 Å². The summed E-state index contributed by atoms with van der Waals surface area (Å²) in [7, 11) is -1.98. The first kappa shape index (κ1) is 12.9. The first-order chi connectivity index (χ1) is 8.50. The van der Waals surface area contributed by atoms with Gasteiger partial charge in [-0.1, -0.05) is 0 Å². The molecule has 1 aromatic carbocycles. The molecule has 98 valence electrons. The topological polar surface area (TPSA) is 72.5 Å². The van der Waals surface area contributed by atoms with Crippen molar-refractivity contribution in [3.05, 3.63) is 29.8 Å². The molecule has 0 radical (unpaired) electrons. The maximum Gasteiger partial charge on any atom is 0.337 e. The summed E-state index contributed by atoms with van der Waals surface area (Å²) < 4.78 is 30.5. The Morgan fingerprint density at radius 2 is 1.94 bits per heavy atom. The number of anilines is 1. The standard InChI is InChI=1S/C12H15NO4S/c1-17-12(14)10-4-6-11(7-5-10)13-18(15,16)8-9-2-3-9/h4-7,9,13H,2-3,8H2,1H3. The van der Waals surface area contributed by atoms with Gasteiger partial charge in [0, 0.05) is 5.69 Å². The van der Waals surface area contributed by atoms with Crippen LogP contribution in [0.3, 0.4) is 0 Å². The van der Waals surface area contributed by atoms with Crippen molar-refractivity contribution in [3.63, 3.8) is 0 Å². The molecule has 1 fully saturated rings. The predicted molar refractivity (Wildman–Crippen MR) is 67.9 cm³/mol. The molecule has 0 bridgehead atoms. The number of hydrogen-bond acceptors (Lipinski definition) is 4. The number of ether oxygens (including phenoxy) is 1. The molecule has 6 heteroatoms. The number of carbonyl (C=O) groups excluding carboxylic acids is 1.